The van der Waals surface area contributed by atoms with Gasteiger partial charge in [0, 0.05) is 36.3 Å². The van der Waals surface area contributed by atoms with Gasteiger partial charge in [-0.2, -0.15) is 0 Å². The minimum Gasteiger partial charge on any atom is -0.497 e. The average molecular weight is 537 g/mol. The van der Waals surface area contributed by atoms with Crippen LogP contribution in [0.1, 0.15) is 80.4 Å². The number of fused-ring (bicyclic) bond motifs is 2. The molecule has 1 amide bonds. The van der Waals surface area contributed by atoms with Crippen LogP contribution in [-0.4, -0.2) is 53.5 Å². The maximum absolute atomic E-state index is 13.3. The van der Waals surface area contributed by atoms with Crippen LogP contribution in [0.2, 0.25) is 0 Å². The van der Waals surface area contributed by atoms with Crippen molar-refractivity contribution in [3.05, 3.63) is 107 Å². The Morgan fingerprint density at radius 2 is 1.35 bits per heavy atom. The second kappa shape index (κ2) is 12.4. The fourth-order valence-corrected chi connectivity index (χ4v) is 6.90. The van der Waals surface area contributed by atoms with Crippen LogP contribution in [0.5, 0.6) is 5.75 Å². The summed E-state index contributed by atoms with van der Waals surface area (Å²) in [6, 6.07) is 29.2. The number of rotatable bonds is 9. The Morgan fingerprint density at radius 1 is 0.800 bits per heavy atom. The normalized spacial score (nSPS) is 18.8. The number of amides is 1. The van der Waals surface area contributed by atoms with Crippen LogP contribution in [0.4, 0.5) is 0 Å². The summed E-state index contributed by atoms with van der Waals surface area (Å²) in [5.41, 5.74) is 7.53. The average Bonchev–Trinajstić information content (AvgIpc) is 3.19. The molecule has 0 aliphatic carbocycles. The highest BCUT2D eigenvalue weighted by atomic mass is 16.5. The monoisotopic (exact) mass is 536 g/mol. The van der Waals surface area contributed by atoms with Crippen molar-refractivity contribution in [3.8, 4) is 5.75 Å². The lowest BCUT2D eigenvalue weighted by atomic mass is 9.85. The third kappa shape index (κ3) is 6.02. The largest absolute Gasteiger partial charge is 0.497 e. The summed E-state index contributed by atoms with van der Waals surface area (Å²) in [6.45, 7) is 9.45. The minimum atomic E-state index is 0.105. The summed E-state index contributed by atoms with van der Waals surface area (Å²) < 4.78 is 5.33. The number of nitrogens with zero attached hydrogens (tertiary/aromatic N) is 2. The second-order valence-electron chi connectivity index (χ2n) is 12.0. The quantitative estimate of drug-likeness (QED) is 0.282. The predicted molar refractivity (Wildman–Crippen MR) is 165 cm³/mol. The molecule has 5 rings (SSSR count). The van der Waals surface area contributed by atoms with Crippen molar-refractivity contribution in [2.24, 2.45) is 0 Å². The first-order chi connectivity index (χ1) is 19.4. The highest BCUT2D eigenvalue weighted by molar-refractivity contribution is 5.95. The Hall–Kier alpha value is -3.37. The molecule has 3 aromatic rings. The molecule has 2 aliphatic rings. The Kier molecular flexibility index (Phi) is 8.75. The zero-order chi connectivity index (χ0) is 28.2. The van der Waals surface area contributed by atoms with E-state index >= 15 is 0 Å². The number of ether oxygens (including phenoxy) is 1. The number of carbonyl (C=O) groups excluding carboxylic acids is 1. The van der Waals surface area contributed by atoms with Gasteiger partial charge in [0.1, 0.15) is 5.75 Å². The van der Waals surface area contributed by atoms with Gasteiger partial charge in [-0.3, -0.25) is 9.69 Å². The molecule has 2 bridgehead atoms. The van der Waals surface area contributed by atoms with Crippen LogP contribution in [0.15, 0.2) is 84.4 Å². The molecule has 4 nitrogen and oxygen atoms in total. The summed E-state index contributed by atoms with van der Waals surface area (Å²) >= 11 is 0. The van der Waals surface area contributed by atoms with E-state index in [2.05, 4.69) is 99.3 Å². The van der Waals surface area contributed by atoms with Gasteiger partial charge < -0.3 is 9.64 Å². The van der Waals surface area contributed by atoms with Gasteiger partial charge in [0.2, 0.25) is 0 Å². The van der Waals surface area contributed by atoms with E-state index in [4.69, 9.17) is 4.74 Å². The van der Waals surface area contributed by atoms with Gasteiger partial charge in [-0.05, 0) is 106 Å². The minimum absolute atomic E-state index is 0.105. The molecule has 0 saturated carbocycles. The molecule has 40 heavy (non-hydrogen) atoms. The van der Waals surface area contributed by atoms with Crippen molar-refractivity contribution in [3.63, 3.8) is 0 Å². The lowest BCUT2D eigenvalue weighted by Gasteiger charge is -2.37. The number of hydrogen-bond donors (Lipinski definition) is 0. The van der Waals surface area contributed by atoms with Crippen LogP contribution in [0.3, 0.4) is 0 Å². The smallest absolute Gasteiger partial charge is 0.254 e. The van der Waals surface area contributed by atoms with Crippen LogP contribution in [0, 0.1) is 0 Å². The third-order valence-electron chi connectivity index (χ3n) is 8.74. The molecule has 0 radical (unpaired) electrons. The Labute approximate surface area is 240 Å². The van der Waals surface area contributed by atoms with Gasteiger partial charge in [-0.15, -0.1) is 0 Å². The molecule has 0 N–H and O–H groups in total. The predicted octanol–water partition coefficient (Wildman–Crippen LogP) is 7.63. The van der Waals surface area contributed by atoms with Crippen LogP contribution in [-0.2, 0) is 6.42 Å². The van der Waals surface area contributed by atoms with Crippen LogP contribution >= 0.6 is 0 Å². The number of methoxy groups -OCH3 is 1. The molecule has 2 unspecified atom stereocenters. The van der Waals surface area contributed by atoms with Crippen molar-refractivity contribution in [2.45, 2.75) is 84.0 Å². The molecule has 3 aromatic carbocycles. The fourth-order valence-electron chi connectivity index (χ4n) is 6.90. The lowest BCUT2D eigenvalue weighted by molar-refractivity contribution is 0.0643. The Bertz CT molecular complexity index is 1290. The molecule has 2 atom stereocenters. The Balaban J connectivity index is 1.39. The molecule has 210 valence electrons. The van der Waals surface area contributed by atoms with Crippen molar-refractivity contribution in [2.75, 3.05) is 13.7 Å². The second-order valence-corrected chi connectivity index (χ2v) is 12.0. The SMILES string of the molecule is COc1ccc(CCN2C3CCC2CC(=C(c2ccccc2)c2ccc(C(=O)N(C(C)C)C(C)C)cc2)C3)cc1. The van der Waals surface area contributed by atoms with Gasteiger partial charge in [0.05, 0.1) is 7.11 Å². The van der Waals surface area contributed by atoms with E-state index in [1.165, 1.54) is 35.1 Å². The molecule has 0 spiro atoms. The van der Waals surface area contributed by atoms with Crippen molar-refractivity contribution in [1.82, 2.24) is 9.80 Å². The third-order valence-corrected chi connectivity index (χ3v) is 8.74. The first kappa shape index (κ1) is 28.2. The van der Waals surface area contributed by atoms with Crippen molar-refractivity contribution >= 4 is 11.5 Å². The highest BCUT2D eigenvalue weighted by Gasteiger charge is 2.39. The highest BCUT2D eigenvalue weighted by Crippen LogP contribution is 2.43. The first-order valence-corrected chi connectivity index (χ1v) is 14.9. The van der Waals surface area contributed by atoms with E-state index in [0.717, 1.165) is 37.1 Å². The topological polar surface area (TPSA) is 32.8 Å². The van der Waals surface area contributed by atoms with E-state index in [1.807, 2.05) is 17.0 Å². The van der Waals surface area contributed by atoms with Gasteiger partial charge >= 0.3 is 0 Å². The Morgan fingerprint density at radius 3 is 1.90 bits per heavy atom. The molecular formula is C36H44N2O2. The standard InChI is InChI=1S/C36H44N2O2/c1-25(2)38(26(3)4)36(39)30-15-13-29(14-16-30)35(28-9-7-6-8-10-28)31-23-32-17-18-33(24-31)37(32)22-21-27-11-19-34(40-5)20-12-27/h6-16,19-20,25-26,32-33H,17-18,21-24H2,1-5H3. The van der Waals surface area contributed by atoms with E-state index in [0.29, 0.717) is 12.1 Å². The van der Waals surface area contributed by atoms with Crippen molar-refractivity contribution in [1.29, 1.82) is 0 Å². The summed E-state index contributed by atoms with van der Waals surface area (Å²) in [5, 5.41) is 0. The zero-order valence-corrected chi connectivity index (χ0v) is 24.8. The van der Waals surface area contributed by atoms with Crippen LogP contribution < -0.4 is 4.74 Å². The molecule has 2 saturated heterocycles. The fraction of sp³-hybridized carbons (Fsp3) is 0.417. The number of benzene rings is 3. The molecular weight excluding hydrogens is 492 g/mol. The number of carbonyl (C=O) groups is 1. The van der Waals surface area contributed by atoms with E-state index in [1.54, 1.807) is 12.7 Å². The summed E-state index contributed by atoms with van der Waals surface area (Å²) in [4.78, 5) is 18.0. The van der Waals surface area contributed by atoms with Gasteiger partial charge in [-0.1, -0.05) is 60.2 Å². The van der Waals surface area contributed by atoms with E-state index < -0.39 is 0 Å². The zero-order valence-electron chi connectivity index (χ0n) is 24.8. The number of hydrogen-bond acceptors (Lipinski definition) is 3. The lowest BCUT2D eigenvalue weighted by Crippen LogP contribution is -2.42. The maximum atomic E-state index is 13.3. The molecule has 4 heteroatoms. The summed E-state index contributed by atoms with van der Waals surface area (Å²) in [7, 11) is 1.72. The summed E-state index contributed by atoms with van der Waals surface area (Å²) in [5.74, 6) is 1.02. The van der Waals surface area contributed by atoms with Gasteiger partial charge in [-0.25, -0.2) is 0 Å². The van der Waals surface area contributed by atoms with Gasteiger partial charge in [0.15, 0.2) is 0 Å². The van der Waals surface area contributed by atoms with Crippen molar-refractivity contribution < 1.29 is 9.53 Å². The molecule has 0 aromatic heterocycles. The maximum Gasteiger partial charge on any atom is 0.254 e. The molecule has 2 aliphatic heterocycles. The van der Waals surface area contributed by atoms with Gasteiger partial charge in [0.25, 0.3) is 5.91 Å². The van der Waals surface area contributed by atoms with Crippen LogP contribution in [0.25, 0.3) is 5.57 Å². The van der Waals surface area contributed by atoms with E-state index in [-0.39, 0.29) is 18.0 Å². The first-order valence-electron chi connectivity index (χ1n) is 14.9. The van der Waals surface area contributed by atoms with E-state index in [9.17, 15) is 4.79 Å². The number of piperidine rings is 1. The summed E-state index contributed by atoms with van der Waals surface area (Å²) in [6.07, 6.45) is 5.83. The molecule has 2 heterocycles. The molecule has 2 fully saturated rings.